The van der Waals surface area contributed by atoms with Crippen LogP contribution in [0.3, 0.4) is 0 Å². The number of hydrogen-bond acceptors (Lipinski definition) is 3. The van der Waals surface area contributed by atoms with Gasteiger partial charge in [-0.15, -0.1) is 0 Å². The molecule has 2 amide bonds. The highest BCUT2D eigenvalue weighted by molar-refractivity contribution is 5.83. The van der Waals surface area contributed by atoms with Crippen LogP contribution in [-0.4, -0.2) is 41.6 Å². The number of oxime groups is 1. The van der Waals surface area contributed by atoms with Gasteiger partial charge in [0.1, 0.15) is 5.84 Å². The Kier molecular flexibility index (Phi) is 3.76. The maximum absolute atomic E-state index is 11.5. The zero-order valence-corrected chi connectivity index (χ0v) is 9.10. The lowest BCUT2D eigenvalue weighted by Crippen LogP contribution is -2.42. The van der Waals surface area contributed by atoms with E-state index in [9.17, 15) is 4.79 Å². The number of amides is 2. The third kappa shape index (κ3) is 3.65. The minimum absolute atomic E-state index is 0.102. The molecule has 0 radical (unpaired) electrons. The molecule has 1 aliphatic rings. The number of amidine groups is 1. The van der Waals surface area contributed by atoms with Crippen LogP contribution in [0.25, 0.3) is 0 Å². The number of carbonyl (C=O) groups excluding carboxylic acids is 1. The molecule has 1 atom stereocenters. The largest absolute Gasteiger partial charge is 0.409 e. The molecule has 0 aromatic rings. The summed E-state index contributed by atoms with van der Waals surface area (Å²) >= 11 is 0. The molecule has 0 bridgehead atoms. The second kappa shape index (κ2) is 4.86. The number of nitrogens with one attached hydrogen (secondary N) is 1. The normalized spacial score (nSPS) is 18.4. The average Bonchev–Trinajstić information content (AvgIpc) is 3.00. The molecule has 15 heavy (non-hydrogen) atoms. The number of nitrogens with two attached hydrogens (primary N) is 1. The summed E-state index contributed by atoms with van der Waals surface area (Å²) in [6.45, 7) is 2.24. The SMILES string of the molecule is CC(CN(C)C(=O)NC1CC1)C(N)=NO. The number of nitrogens with zero attached hydrogens (tertiary/aromatic N) is 2. The maximum atomic E-state index is 11.5. The first-order valence-corrected chi connectivity index (χ1v) is 5.03. The molecule has 1 saturated carbocycles. The van der Waals surface area contributed by atoms with Gasteiger partial charge in [0.2, 0.25) is 0 Å². The van der Waals surface area contributed by atoms with Crippen LogP contribution in [0.1, 0.15) is 19.8 Å². The van der Waals surface area contributed by atoms with Crippen molar-refractivity contribution < 1.29 is 10.0 Å². The molecule has 0 aromatic heterocycles. The third-order valence-electron chi connectivity index (χ3n) is 2.42. The van der Waals surface area contributed by atoms with Crippen molar-refractivity contribution in [1.82, 2.24) is 10.2 Å². The van der Waals surface area contributed by atoms with Crippen molar-refractivity contribution in [2.45, 2.75) is 25.8 Å². The standard InChI is InChI=1S/C9H18N4O2/c1-6(8(10)12-15)5-13(2)9(14)11-7-3-4-7/h6-7,15H,3-5H2,1-2H3,(H2,10,12)(H,11,14). The monoisotopic (exact) mass is 214 g/mol. The molecule has 6 heteroatoms. The molecular weight excluding hydrogens is 196 g/mol. The Bertz CT molecular complexity index is 263. The Morgan fingerprint density at radius 2 is 2.33 bits per heavy atom. The molecular formula is C9H18N4O2. The highest BCUT2D eigenvalue weighted by Crippen LogP contribution is 2.18. The van der Waals surface area contributed by atoms with E-state index in [1.54, 1.807) is 18.9 Å². The highest BCUT2D eigenvalue weighted by Gasteiger charge is 2.25. The number of urea groups is 1. The number of rotatable bonds is 4. The summed E-state index contributed by atoms with van der Waals surface area (Å²) in [5.74, 6) is -0.00831. The van der Waals surface area contributed by atoms with E-state index in [4.69, 9.17) is 10.9 Å². The molecule has 1 unspecified atom stereocenters. The van der Waals surface area contributed by atoms with Gasteiger partial charge >= 0.3 is 6.03 Å². The van der Waals surface area contributed by atoms with Crippen LogP contribution >= 0.6 is 0 Å². The first-order valence-electron chi connectivity index (χ1n) is 5.03. The Morgan fingerprint density at radius 3 is 2.80 bits per heavy atom. The van der Waals surface area contributed by atoms with E-state index in [0.717, 1.165) is 12.8 Å². The van der Waals surface area contributed by atoms with Gasteiger partial charge in [0.05, 0.1) is 0 Å². The van der Waals surface area contributed by atoms with Crippen molar-refractivity contribution in [3.63, 3.8) is 0 Å². The third-order valence-corrected chi connectivity index (χ3v) is 2.42. The zero-order valence-electron chi connectivity index (χ0n) is 9.10. The predicted molar refractivity (Wildman–Crippen MR) is 56.8 cm³/mol. The van der Waals surface area contributed by atoms with E-state index in [0.29, 0.717) is 12.6 Å². The van der Waals surface area contributed by atoms with Gasteiger partial charge in [-0.1, -0.05) is 12.1 Å². The van der Waals surface area contributed by atoms with Gasteiger partial charge in [-0.3, -0.25) is 0 Å². The first kappa shape index (κ1) is 11.6. The lowest BCUT2D eigenvalue weighted by atomic mass is 10.1. The van der Waals surface area contributed by atoms with E-state index in [-0.39, 0.29) is 17.8 Å². The second-order valence-corrected chi connectivity index (χ2v) is 4.03. The molecule has 1 fully saturated rings. The smallest absolute Gasteiger partial charge is 0.317 e. The molecule has 4 N–H and O–H groups in total. The van der Waals surface area contributed by atoms with Crippen molar-refractivity contribution in [2.24, 2.45) is 16.8 Å². The summed E-state index contributed by atoms with van der Waals surface area (Å²) in [5, 5.41) is 14.2. The summed E-state index contributed by atoms with van der Waals surface area (Å²) in [6.07, 6.45) is 2.13. The van der Waals surface area contributed by atoms with Crippen LogP contribution < -0.4 is 11.1 Å². The van der Waals surface area contributed by atoms with Gasteiger partial charge in [-0.2, -0.15) is 0 Å². The topological polar surface area (TPSA) is 91.0 Å². The molecule has 0 saturated heterocycles. The Hall–Kier alpha value is -1.46. The summed E-state index contributed by atoms with van der Waals surface area (Å²) < 4.78 is 0. The Morgan fingerprint density at radius 1 is 1.73 bits per heavy atom. The van der Waals surface area contributed by atoms with E-state index in [1.165, 1.54) is 0 Å². The van der Waals surface area contributed by atoms with E-state index < -0.39 is 0 Å². The molecule has 0 aliphatic heterocycles. The number of carbonyl (C=O) groups is 1. The summed E-state index contributed by atoms with van der Waals surface area (Å²) in [4.78, 5) is 13.1. The van der Waals surface area contributed by atoms with Crippen molar-refractivity contribution in [1.29, 1.82) is 0 Å². The van der Waals surface area contributed by atoms with Crippen molar-refractivity contribution in [3.8, 4) is 0 Å². The van der Waals surface area contributed by atoms with Crippen LogP contribution in [0, 0.1) is 5.92 Å². The lowest BCUT2D eigenvalue weighted by Gasteiger charge is -2.21. The molecule has 0 aromatic carbocycles. The minimum Gasteiger partial charge on any atom is -0.409 e. The van der Waals surface area contributed by atoms with Crippen LogP contribution in [0.5, 0.6) is 0 Å². The summed E-state index contributed by atoms with van der Waals surface area (Å²) in [7, 11) is 1.69. The van der Waals surface area contributed by atoms with Crippen molar-refractivity contribution in [3.05, 3.63) is 0 Å². The molecule has 0 heterocycles. The summed E-state index contributed by atoms with van der Waals surface area (Å²) in [6, 6.07) is 0.245. The fourth-order valence-corrected chi connectivity index (χ4v) is 1.20. The van der Waals surface area contributed by atoms with Gasteiger partial charge in [0, 0.05) is 25.6 Å². The summed E-state index contributed by atoms with van der Waals surface area (Å²) in [5.41, 5.74) is 5.42. The molecule has 1 aliphatic carbocycles. The first-order chi connectivity index (χ1) is 7.04. The van der Waals surface area contributed by atoms with Crippen LogP contribution in [0.4, 0.5) is 4.79 Å². The van der Waals surface area contributed by atoms with E-state index in [2.05, 4.69) is 10.5 Å². The van der Waals surface area contributed by atoms with Crippen LogP contribution in [0.2, 0.25) is 0 Å². The fourth-order valence-electron chi connectivity index (χ4n) is 1.20. The molecule has 0 spiro atoms. The van der Waals surface area contributed by atoms with Gasteiger partial charge < -0.3 is 21.2 Å². The maximum Gasteiger partial charge on any atom is 0.317 e. The minimum atomic E-state index is -0.148. The molecule has 6 nitrogen and oxygen atoms in total. The fraction of sp³-hybridized carbons (Fsp3) is 0.778. The zero-order chi connectivity index (χ0) is 11.4. The van der Waals surface area contributed by atoms with Crippen molar-refractivity contribution in [2.75, 3.05) is 13.6 Å². The second-order valence-electron chi connectivity index (χ2n) is 4.03. The van der Waals surface area contributed by atoms with Crippen LogP contribution in [0.15, 0.2) is 5.16 Å². The van der Waals surface area contributed by atoms with Gasteiger partial charge in [0.15, 0.2) is 0 Å². The van der Waals surface area contributed by atoms with E-state index >= 15 is 0 Å². The molecule has 1 rings (SSSR count). The molecule has 86 valence electrons. The highest BCUT2D eigenvalue weighted by atomic mass is 16.4. The Balaban J connectivity index is 2.32. The van der Waals surface area contributed by atoms with Crippen LogP contribution in [-0.2, 0) is 0 Å². The van der Waals surface area contributed by atoms with Crippen molar-refractivity contribution >= 4 is 11.9 Å². The number of hydrogen-bond donors (Lipinski definition) is 3. The predicted octanol–water partition coefficient (Wildman–Crippen LogP) is 0.173. The lowest BCUT2D eigenvalue weighted by molar-refractivity contribution is 0.205. The quantitative estimate of drug-likeness (QED) is 0.270. The van der Waals surface area contributed by atoms with E-state index in [1.807, 2.05) is 0 Å². The average molecular weight is 214 g/mol. The van der Waals surface area contributed by atoms with Gasteiger partial charge in [-0.25, -0.2) is 4.79 Å². The van der Waals surface area contributed by atoms with Gasteiger partial charge in [0.25, 0.3) is 0 Å². The Labute approximate surface area is 89.1 Å². The van der Waals surface area contributed by atoms with Gasteiger partial charge in [-0.05, 0) is 12.8 Å².